The van der Waals surface area contributed by atoms with Gasteiger partial charge < -0.3 is 11.1 Å². The minimum absolute atomic E-state index is 0.0250. The van der Waals surface area contributed by atoms with Crippen molar-refractivity contribution in [3.05, 3.63) is 11.3 Å². The summed E-state index contributed by atoms with van der Waals surface area (Å²) in [5.74, 6) is 1.76. The number of aromatic nitrogens is 2. The van der Waals surface area contributed by atoms with Crippen LogP contribution in [0.2, 0.25) is 0 Å². The summed E-state index contributed by atoms with van der Waals surface area (Å²) in [6.07, 6.45) is 3.03. The molecule has 2 rings (SSSR count). The van der Waals surface area contributed by atoms with Crippen molar-refractivity contribution in [1.82, 2.24) is 9.78 Å². The maximum atomic E-state index is 7.38. The zero-order valence-corrected chi connectivity index (χ0v) is 8.82. The van der Waals surface area contributed by atoms with Crippen LogP contribution in [0, 0.1) is 5.41 Å². The number of rotatable bonds is 2. The fourth-order valence-corrected chi connectivity index (χ4v) is 2.18. The fraction of sp³-hybridized carbons (Fsp3) is 0.500. The number of fused-ring (bicyclic) bond motifs is 1. The van der Waals surface area contributed by atoms with E-state index in [0.29, 0.717) is 0 Å². The van der Waals surface area contributed by atoms with Gasteiger partial charge in [0.2, 0.25) is 5.96 Å². The molecule has 0 spiro atoms. The molecule has 14 heavy (non-hydrogen) atoms. The maximum absolute atomic E-state index is 7.38. The van der Waals surface area contributed by atoms with Gasteiger partial charge in [-0.25, -0.2) is 0 Å². The molecule has 1 aliphatic rings. The molecule has 1 aromatic heterocycles. The first-order valence-corrected chi connectivity index (χ1v) is 5.81. The van der Waals surface area contributed by atoms with Crippen LogP contribution < -0.4 is 11.1 Å². The predicted molar refractivity (Wildman–Crippen MR) is 59.0 cm³/mol. The molecule has 0 saturated carbocycles. The molecule has 0 amide bonds. The second-order valence-corrected chi connectivity index (χ2v) is 4.05. The van der Waals surface area contributed by atoms with E-state index >= 15 is 0 Å². The summed E-state index contributed by atoms with van der Waals surface area (Å²) < 4.78 is 1.48. The molecule has 0 unspecified atom stereocenters. The van der Waals surface area contributed by atoms with Crippen LogP contribution >= 0.6 is 11.8 Å². The van der Waals surface area contributed by atoms with Crippen molar-refractivity contribution in [2.45, 2.75) is 12.2 Å². The van der Waals surface area contributed by atoms with E-state index in [9.17, 15) is 0 Å². The van der Waals surface area contributed by atoms with Crippen molar-refractivity contribution < 1.29 is 0 Å². The number of nitrogens with zero attached hydrogens (tertiary/aromatic N) is 2. The minimum atomic E-state index is -0.0250. The molecule has 0 atom stereocenters. The van der Waals surface area contributed by atoms with Gasteiger partial charge >= 0.3 is 0 Å². The topological polar surface area (TPSA) is 79.7 Å². The lowest BCUT2D eigenvalue weighted by Gasteiger charge is -2.01. The second-order valence-electron chi connectivity index (χ2n) is 3.18. The normalized spacial score (nSPS) is 13.8. The zero-order chi connectivity index (χ0) is 10.1. The molecule has 1 aromatic rings. The van der Waals surface area contributed by atoms with Crippen LogP contribution in [-0.2, 0) is 12.2 Å². The number of anilines is 1. The van der Waals surface area contributed by atoms with Crippen molar-refractivity contribution in [1.29, 1.82) is 5.41 Å². The van der Waals surface area contributed by atoms with E-state index in [4.69, 9.17) is 11.1 Å². The van der Waals surface area contributed by atoms with Gasteiger partial charge in [0.15, 0.2) is 0 Å². The Balaban J connectivity index is 2.44. The number of thioether (sulfide) groups is 1. The summed E-state index contributed by atoms with van der Waals surface area (Å²) in [7, 11) is 0. The molecule has 4 N–H and O–H groups in total. The zero-order valence-electron chi connectivity index (χ0n) is 8.00. The van der Waals surface area contributed by atoms with Gasteiger partial charge in [0, 0.05) is 17.9 Å². The average molecular weight is 211 g/mol. The van der Waals surface area contributed by atoms with E-state index < -0.39 is 0 Å². The lowest BCUT2D eigenvalue weighted by atomic mass is 10.2. The van der Waals surface area contributed by atoms with Crippen LogP contribution in [0.1, 0.15) is 11.3 Å². The van der Waals surface area contributed by atoms with Crippen LogP contribution in [0.25, 0.3) is 0 Å². The molecule has 76 valence electrons. The molecule has 0 saturated heterocycles. The lowest BCUT2D eigenvalue weighted by molar-refractivity contribution is 0.878. The highest BCUT2D eigenvalue weighted by Gasteiger charge is 2.22. The van der Waals surface area contributed by atoms with Gasteiger partial charge in [-0.2, -0.15) is 21.5 Å². The number of nitrogen functional groups attached to an aromatic ring is 1. The van der Waals surface area contributed by atoms with Crippen LogP contribution in [0.5, 0.6) is 0 Å². The van der Waals surface area contributed by atoms with Gasteiger partial charge in [0.1, 0.15) is 5.82 Å². The Hall–Kier alpha value is -1.17. The van der Waals surface area contributed by atoms with Crippen LogP contribution in [0.3, 0.4) is 0 Å². The summed E-state index contributed by atoms with van der Waals surface area (Å²) in [5.41, 5.74) is 7.70. The Labute approximate surface area is 86.6 Å². The van der Waals surface area contributed by atoms with E-state index in [1.807, 2.05) is 6.26 Å². The first kappa shape index (κ1) is 9.39. The van der Waals surface area contributed by atoms with E-state index in [-0.39, 0.29) is 5.96 Å². The molecule has 0 aromatic carbocycles. The number of hydrogen-bond donors (Lipinski definition) is 3. The quantitative estimate of drug-likeness (QED) is 0.490. The summed E-state index contributed by atoms with van der Waals surface area (Å²) in [6.45, 7) is 0.918. The van der Waals surface area contributed by atoms with Crippen molar-refractivity contribution in [2.75, 3.05) is 18.1 Å². The molecular formula is C8H13N5S. The largest absolute Gasteiger partial charge is 0.369 e. The molecule has 6 heteroatoms. The molecule has 0 radical (unpaired) electrons. The molecular weight excluding hydrogens is 198 g/mol. The van der Waals surface area contributed by atoms with Crippen molar-refractivity contribution >= 4 is 23.5 Å². The Bertz CT molecular complexity index is 370. The van der Waals surface area contributed by atoms with E-state index in [1.165, 1.54) is 10.2 Å². The van der Waals surface area contributed by atoms with E-state index in [0.717, 1.165) is 30.2 Å². The summed E-state index contributed by atoms with van der Waals surface area (Å²) >= 11 is 1.73. The van der Waals surface area contributed by atoms with Gasteiger partial charge in [-0.15, -0.1) is 0 Å². The Kier molecular flexibility index (Phi) is 2.37. The SMILES string of the molecule is CSCc1nn(C(=N)N)c2c1CCN2. The molecule has 0 bridgehead atoms. The molecule has 2 heterocycles. The fourth-order valence-electron chi connectivity index (χ4n) is 1.67. The standard InChI is InChI=1S/C8H13N5S/c1-14-4-6-5-2-3-11-7(5)13(12-6)8(9)10/h11H,2-4H2,1H3,(H3,9,10). The highest BCUT2D eigenvalue weighted by molar-refractivity contribution is 7.97. The second kappa shape index (κ2) is 3.53. The van der Waals surface area contributed by atoms with Crippen molar-refractivity contribution in [3.8, 4) is 0 Å². The maximum Gasteiger partial charge on any atom is 0.215 e. The Morgan fingerprint density at radius 1 is 1.79 bits per heavy atom. The molecule has 5 nitrogen and oxygen atoms in total. The predicted octanol–water partition coefficient (Wildman–Crippen LogP) is 0.456. The van der Waals surface area contributed by atoms with Crippen molar-refractivity contribution in [3.63, 3.8) is 0 Å². The van der Waals surface area contributed by atoms with Crippen LogP contribution in [-0.4, -0.2) is 28.5 Å². The monoisotopic (exact) mass is 211 g/mol. The smallest absolute Gasteiger partial charge is 0.215 e. The van der Waals surface area contributed by atoms with Gasteiger partial charge in [-0.05, 0) is 12.7 Å². The number of nitrogens with one attached hydrogen (secondary N) is 2. The highest BCUT2D eigenvalue weighted by Crippen LogP contribution is 2.27. The minimum Gasteiger partial charge on any atom is -0.369 e. The summed E-state index contributed by atoms with van der Waals surface area (Å²) in [4.78, 5) is 0. The lowest BCUT2D eigenvalue weighted by Crippen LogP contribution is -2.23. The van der Waals surface area contributed by atoms with Gasteiger partial charge in [0.05, 0.1) is 5.69 Å². The third kappa shape index (κ3) is 1.35. The third-order valence-electron chi connectivity index (χ3n) is 2.24. The van der Waals surface area contributed by atoms with E-state index in [1.54, 1.807) is 11.8 Å². The van der Waals surface area contributed by atoms with Crippen LogP contribution in [0.4, 0.5) is 5.82 Å². The third-order valence-corrected chi connectivity index (χ3v) is 2.81. The van der Waals surface area contributed by atoms with Gasteiger partial charge in [-0.1, -0.05) is 0 Å². The summed E-state index contributed by atoms with van der Waals surface area (Å²) in [6, 6.07) is 0. The van der Waals surface area contributed by atoms with Gasteiger partial charge in [-0.3, -0.25) is 5.41 Å². The molecule has 0 aliphatic carbocycles. The number of nitrogens with two attached hydrogens (primary N) is 1. The molecule has 1 aliphatic heterocycles. The molecule has 0 fully saturated rings. The van der Waals surface area contributed by atoms with Crippen molar-refractivity contribution in [2.24, 2.45) is 5.73 Å². The average Bonchev–Trinajstić information content (AvgIpc) is 2.67. The first-order valence-electron chi connectivity index (χ1n) is 4.42. The van der Waals surface area contributed by atoms with Gasteiger partial charge in [0.25, 0.3) is 0 Å². The highest BCUT2D eigenvalue weighted by atomic mass is 32.2. The van der Waals surface area contributed by atoms with Crippen LogP contribution in [0.15, 0.2) is 0 Å². The summed E-state index contributed by atoms with van der Waals surface area (Å²) in [5, 5.41) is 14.9. The Morgan fingerprint density at radius 3 is 3.21 bits per heavy atom. The number of hydrogen-bond acceptors (Lipinski definition) is 4. The Morgan fingerprint density at radius 2 is 2.57 bits per heavy atom. The van der Waals surface area contributed by atoms with E-state index in [2.05, 4.69) is 10.4 Å². The first-order chi connectivity index (χ1) is 6.74.